The molecule has 1 aromatic carbocycles. The van der Waals surface area contributed by atoms with Gasteiger partial charge in [-0.15, -0.1) is 0 Å². The molecule has 31 heavy (non-hydrogen) atoms. The smallest absolute Gasteiger partial charge is 0.294 e. The third-order valence-corrected chi connectivity index (χ3v) is 5.62. The molecule has 8 nitrogen and oxygen atoms in total. The Kier molecular flexibility index (Phi) is 6.00. The number of anilines is 1. The summed E-state index contributed by atoms with van der Waals surface area (Å²) in [4.78, 5) is 12.5. The summed E-state index contributed by atoms with van der Waals surface area (Å²) in [5.74, 6) is 2.75. The molecule has 0 unspecified atom stereocenters. The van der Waals surface area contributed by atoms with Gasteiger partial charge in [0.1, 0.15) is 5.60 Å². The second-order valence-corrected chi connectivity index (χ2v) is 8.60. The number of hydrogen-bond acceptors (Lipinski definition) is 6. The first kappa shape index (κ1) is 21.4. The van der Waals surface area contributed by atoms with Crippen LogP contribution in [0.25, 0.3) is 11.2 Å². The van der Waals surface area contributed by atoms with Crippen LogP contribution in [0.3, 0.4) is 0 Å². The monoisotopic (exact) mass is 426 g/mol. The van der Waals surface area contributed by atoms with E-state index in [2.05, 4.69) is 20.3 Å². The van der Waals surface area contributed by atoms with Crippen LogP contribution in [0.5, 0.6) is 11.5 Å². The lowest BCUT2D eigenvalue weighted by atomic mass is 10.1. The first-order valence-corrected chi connectivity index (χ1v) is 11.0. The summed E-state index contributed by atoms with van der Waals surface area (Å²) in [5.41, 5.74) is 1.49. The van der Waals surface area contributed by atoms with E-state index in [1.165, 1.54) is 12.8 Å². The minimum Gasteiger partial charge on any atom is -0.493 e. The Morgan fingerprint density at radius 1 is 1.26 bits per heavy atom. The van der Waals surface area contributed by atoms with E-state index in [9.17, 15) is 5.11 Å². The van der Waals surface area contributed by atoms with E-state index in [0.717, 1.165) is 53.4 Å². The summed E-state index contributed by atoms with van der Waals surface area (Å²) < 4.78 is 13.7. The van der Waals surface area contributed by atoms with Crippen LogP contribution >= 0.6 is 0 Å². The van der Waals surface area contributed by atoms with E-state index >= 15 is 0 Å². The van der Waals surface area contributed by atoms with Gasteiger partial charge < -0.3 is 24.9 Å². The molecule has 1 fully saturated rings. The Hall–Kier alpha value is -2.87. The molecule has 0 amide bonds. The van der Waals surface area contributed by atoms with Crippen LogP contribution in [0.1, 0.15) is 57.8 Å². The van der Waals surface area contributed by atoms with Crippen LogP contribution in [0.4, 0.5) is 5.82 Å². The molecular weight excluding hydrogens is 394 g/mol. The summed E-state index contributed by atoms with van der Waals surface area (Å²) in [6.07, 6.45) is 6.64. The SMILES string of the molecule is CCNc1nc[n+](Cc2ccc(OC)c(OC3CCCC3)c2)c2nc(C(C)(C)O)[nH]c12. The highest BCUT2D eigenvalue weighted by atomic mass is 16.5. The van der Waals surface area contributed by atoms with Crippen LogP contribution < -0.4 is 19.4 Å². The molecule has 0 radical (unpaired) electrons. The summed E-state index contributed by atoms with van der Waals surface area (Å²) in [6.45, 7) is 6.75. The van der Waals surface area contributed by atoms with Crippen LogP contribution in [0.2, 0.25) is 0 Å². The number of hydrogen-bond donors (Lipinski definition) is 3. The van der Waals surface area contributed by atoms with E-state index in [0.29, 0.717) is 12.4 Å². The minimum absolute atomic E-state index is 0.255. The number of methoxy groups -OCH3 is 1. The Morgan fingerprint density at radius 3 is 2.71 bits per heavy atom. The summed E-state index contributed by atoms with van der Waals surface area (Å²) >= 11 is 0. The minimum atomic E-state index is -1.08. The fraction of sp³-hybridized carbons (Fsp3) is 0.522. The van der Waals surface area contributed by atoms with Crippen LogP contribution in [-0.2, 0) is 12.1 Å². The lowest BCUT2D eigenvalue weighted by molar-refractivity contribution is -0.667. The van der Waals surface area contributed by atoms with Crippen molar-refractivity contribution in [3.63, 3.8) is 0 Å². The average molecular weight is 427 g/mol. The number of nitrogens with one attached hydrogen (secondary N) is 2. The quantitative estimate of drug-likeness (QED) is 0.479. The Bertz CT molecular complexity index is 1050. The van der Waals surface area contributed by atoms with E-state index in [1.54, 1.807) is 27.3 Å². The standard InChI is InChI=1S/C23H31N5O3/c1-5-24-20-19-21(27-22(26-19)23(2,3)29)28(14-25-20)13-15-10-11-17(30-4)18(12-15)31-16-8-6-7-9-16/h10-12,14,16,29H,5-9,13H2,1-4H3,(H,24,26,27)/p+1. The zero-order valence-electron chi connectivity index (χ0n) is 18.7. The number of benzene rings is 1. The first-order chi connectivity index (χ1) is 14.9. The highest BCUT2D eigenvalue weighted by Gasteiger charge is 2.28. The molecule has 0 spiro atoms. The van der Waals surface area contributed by atoms with E-state index < -0.39 is 5.60 Å². The number of fused-ring (bicyclic) bond motifs is 1. The van der Waals surface area contributed by atoms with Gasteiger partial charge in [0.15, 0.2) is 17.0 Å². The molecule has 0 saturated heterocycles. The lowest BCUT2D eigenvalue weighted by Crippen LogP contribution is -2.36. The Balaban J connectivity index is 1.69. The number of rotatable bonds is 8. The molecule has 3 N–H and O–H groups in total. The highest BCUT2D eigenvalue weighted by molar-refractivity contribution is 5.80. The van der Waals surface area contributed by atoms with Gasteiger partial charge in [-0.25, -0.2) is 4.57 Å². The molecule has 8 heteroatoms. The maximum Gasteiger partial charge on any atom is 0.294 e. The molecule has 1 aliphatic rings. The summed E-state index contributed by atoms with van der Waals surface area (Å²) in [7, 11) is 1.67. The van der Waals surface area contributed by atoms with Gasteiger partial charge in [0.2, 0.25) is 18.0 Å². The number of nitrogens with zero attached hydrogens (tertiary/aromatic N) is 3. The van der Waals surface area contributed by atoms with E-state index in [4.69, 9.17) is 9.47 Å². The maximum absolute atomic E-state index is 10.4. The van der Waals surface area contributed by atoms with Crippen molar-refractivity contribution < 1.29 is 19.1 Å². The number of aliphatic hydroxyl groups is 1. The molecule has 166 valence electrons. The van der Waals surface area contributed by atoms with E-state index in [-0.39, 0.29) is 6.10 Å². The van der Waals surface area contributed by atoms with Crippen molar-refractivity contribution >= 4 is 17.0 Å². The van der Waals surface area contributed by atoms with Crippen LogP contribution in [-0.4, -0.2) is 39.8 Å². The summed E-state index contributed by atoms with van der Waals surface area (Å²) in [5, 5.41) is 13.7. The third kappa shape index (κ3) is 4.58. The van der Waals surface area contributed by atoms with Crippen molar-refractivity contribution in [3.05, 3.63) is 35.9 Å². The van der Waals surface area contributed by atoms with Crippen LogP contribution in [0, 0.1) is 0 Å². The Labute approximate surface area is 182 Å². The highest BCUT2D eigenvalue weighted by Crippen LogP contribution is 2.32. The molecule has 1 aliphatic carbocycles. The number of aromatic amines is 1. The number of H-pyrrole nitrogens is 1. The van der Waals surface area contributed by atoms with Crippen LogP contribution in [0.15, 0.2) is 24.5 Å². The van der Waals surface area contributed by atoms with Crippen molar-refractivity contribution in [2.24, 2.45) is 0 Å². The number of imidazole rings is 1. The van der Waals surface area contributed by atoms with Gasteiger partial charge >= 0.3 is 0 Å². The average Bonchev–Trinajstić information content (AvgIpc) is 3.40. The third-order valence-electron chi connectivity index (χ3n) is 5.62. The van der Waals surface area contributed by atoms with Gasteiger partial charge in [-0.05, 0) is 64.2 Å². The van der Waals surface area contributed by atoms with Gasteiger partial charge in [-0.2, -0.15) is 0 Å². The molecule has 0 bridgehead atoms. The predicted octanol–water partition coefficient (Wildman–Crippen LogP) is 3.28. The van der Waals surface area contributed by atoms with Gasteiger partial charge in [0, 0.05) is 6.54 Å². The fourth-order valence-corrected chi connectivity index (χ4v) is 3.98. The Morgan fingerprint density at radius 2 is 2.03 bits per heavy atom. The van der Waals surface area contributed by atoms with Gasteiger partial charge in [0.25, 0.3) is 5.65 Å². The second kappa shape index (κ2) is 8.70. The molecule has 2 heterocycles. The second-order valence-electron chi connectivity index (χ2n) is 8.60. The zero-order valence-corrected chi connectivity index (χ0v) is 18.7. The molecule has 0 aliphatic heterocycles. The number of ether oxygens (including phenoxy) is 2. The molecule has 0 atom stereocenters. The first-order valence-electron chi connectivity index (χ1n) is 11.0. The molecule has 4 rings (SSSR count). The predicted molar refractivity (Wildman–Crippen MR) is 118 cm³/mol. The normalized spacial score (nSPS) is 14.9. The van der Waals surface area contributed by atoms with Gasteiger partial charge in [0.05, 0.1) is 19.8 Å². The maximum atomic E-state index is 10.4. The lowest BCUT2D eigenvalue weighted by Gasteiger charge is -2.16. The largest absolute Gasteiger partial charge is 0.493 e. The van der Waals surface area contributed by atoms with Crippen molar-refractivity contribution in [1.29, 1.82) is 0 Å². The van der Waals surface area contributed by atoms with Crippen molar-refractivity contribution in [2.75, 3.05) is 19.0 Å². The van der Waals surface area contributed by atoms with Crippen molar-refractivity contribution in [3.8, 4) is 11.5 Å². The fourth-order valence-electron chi connectivity index (χ4n) is 3.98. The van der Waals surface area contributed by atoms with Crippen molar-refractivity contribution in [2.45, 2.75) is 64.7 Å². The number of aromatic nitrogens is 4. The molecule has 2 aromatic heterocycles. The topological polar surface area (TPSA) is 96.2 Å². The molecule has 1 saturated carbocycles. The molecular formula is C23H32N5O3+. The van der Waals surface area contributed by atoms with E-state index in [1.807, 2.05) is 29.7 Å². The molecule has 3 aromatic rings. The zero-order chi connectivity index (χ0) is 22.0. The van der Waals surface area contributed by atoms with Gasteiger partial charge in [-0.1, -0.05) is 16.0 Å². The summed E-state index contributed by atoms with van der Waals surface area (Å²) in [6, 6.07) is 6.02. The van der Waals surface area contributed by atoms with Gasteiger partial charge in [-0.3, -0.25) is 0 Å². The van der Waals surface area contributed by atoms with Crippen molar-refractivity contribution in [1.82, 2.24) is 15.0 Å².